The van der Waals surface area contributed by atoms with Crippen LogP contribution in [0.5, 0.6) is 5.75 Å². The first-order chi connectivity index (χ1) is 11.2. The topological polar surface area (TPSA) is 77.2 Å². The Kier molecular flexibility index (Phi) is 4.38. The van der Waals surface area contributed by atoms with Crippen LogP contribution in [0.4, 0.5) is 0 Å². The third kappa shape index (κ3) is 3.40. The van der Waals surface area contributed by atoms with Gasteiger partial charge in [-0.05, 0) is 42.1 Å². The van der Waals surface area contributed by atoms with Gasteiger partial charge in [-0.3, -0.25) is 4.79 Å². The van der Waals surface area contributed by atoms with Crippen LogP contribution in [0.15, 0.2) is 40.2 Å². The summed E-state index contributed by atoms with van der Waals surface area (Å²) in [7, 11) is 1.60. The molecule has 0 aliphatic carbocycles. The van der Waals surface area contributed by atoms with E-state index in [1.54, 1.807) is 25.3 Å². The van der Waals surface area contributed by atoms with E-state index in [0.29, 0.717) is 17.3 Å². The first kappa shape index (κ1) is 15.2. The van der Waals surface area contributed by atoms with Crippen LogP contribution in [0.3, 0.4) is 0 Å². The van der Waals surface area contributed by atoms with Crippen molar-refractivity contribution in [2.45, 2.75) is 13.5 Å². The van der Waals surface area contributed by atoms with Crippen LogP contribution in [0, 0.1) is 6.92 Å². The zero-order valence-corrected chi connectivity index (χ0v) is 13.5. The zero-order chi connectivity index (χ0) is 16.2. The van der Waals surface area contributed by atoms with E-state index in [1.165, 1.54) is 11.3 Å². The molecule has 0 bridgehead atoms. The van der Waals surface area contributed by atoms with Gasteiger partial charge in [-0.1, -0.05) is 11.2 Å². The Hall–Kier alpha value is -2.67. The molecule has 2 heterocycles. The lowest BCUT2D eigenvalue weighted by atomic mass is 10.1. The predicted molar refractivity (Wildman–Crippen MR) is 86.5 cm³/mol. The number of benzene rings is 1. The molecule has 1 aromatic carbocycles. The van der Waals surface area contributed by atoms with Gasteiger partial charge in [0.15, 0.2) is 0 Å². The molecule has 0 spiro atoms. The van der Waals surface area contributed by atoms with E-state index < -0.39 is 0 Å². The predicted octanol–water partition coefficient (Wildman–Crippen LogP) is 3.05. The van der Waals surface area contributed by atoms with Crippen molar-refractivity contribution in [3.05, 3.63) is 52.7 Å². The minimum atomic E-state index is -0.202. The van der Waals surface area contributed by atoms with Crippen molar-refractivity contribution in [1.82, 2.24) is 15.5 Å². The molecule has 0 aliphatic rings. The number of carbonyl (C=O) groups is 1. The van der Waals surface area contributed by atoms with Gasteiger partial charge in [0.25, 0.3) is 5.91 Å². The van der Waals surface area contributed by atoms with Gasteiger partial charge in [-0.25, -0.2) is 0 Å². The second kappa shape index (κ2) is 6.62. The quantitative estimate of drug-likeness (QED) is 0.778. The second-order valence-corrected chi connectivity index (χ2v) is 5.80. The van der Waals surface area contributed by atoms with E-state index in [1.807, 2.05) is 24.4 Å². The number of thiophene rings is 1. The zero-order valence-electron chi connectivity index (χ0n) is 12.7. The van der Waals surface area contributed by atoms with E-state index in [-0.39, 0.29) is 12.5 Å². The van der Waals surface area contributed by atoms with Crippen molar-refractivity contribution in [1.29, 1.82) is 0 Å². The van der Waals surface area contributed by atoms with Crippen LogP contribution >= 0.6 is 11.3 Å². The number of aromatic nitrogens is 2. The molecule has 23 heavy (non-hydrogen) atoms. The number of carbonyl (C=O) groups excluding carboxylic acids is 1. The molecule has 2 aromatic heterocycles. The Morgan fingerprint density at radius 2 is 2.26 bits per heavy atom. The highest BCUT2D eigenvalue weighted by Crippen LogP contribution is 2.21. The van der Waals surface area contributed by atoms with Gasteiger partial charge in [0.1, 0.15) is 5.75 Å². The summed E-state index contributed by atoms with van der Waals surface area (Å²) in [5.41, 5.74) is 1.46. The first-order valence-electron chi connectivity index (χ1n) is 6.96. The third-order valence-electron chi connectivity index (χ3n) is 3.27. The van der Waals surface area contributed by atoms with Gasteiger partial charge in [0, 0.05) is 5.56 Å². The summed E-state index contributed by atoms with van der Waals surface area (Å²) in [6.07, 6.45) is 0. The first-order valence-corrected chi connectivity index (χ1v) is 7.84. The Labute approximate surface area is 137 Å². The third-order valence-corrected chi connectivity index (χ3v) is 4.13. The maximum atomic E-state index is 12.2. The van der Waals surface area contributed by atoms with Gasteiger partial charge >= 0.3 is 0 Å². The van der Waals surface area contributed by atoms with Crippen molar-refractivity contribution in [3.63, 3.8) is 0 Å². The highest BCUT2D eigenvalue weighted by Gasteiger charge is 2.12. The maximum Gasteiger partial charge on any atom is 0.251 e. The molecule has 3 aromatic rings. The largest absolute Gasteiger partial charge is 0.496 e. The summed E-state index contributed by atoms with van der Waals surface area (Å²) >= 11 is 1.53. The molecule has 0 radical (unpaired) electrons. The number of rotatable bonds is 5. The molecule has 1 N–H and O–H groups in total. The molecular weight excluding hydrogens is 314 g/mol. The van der Waals surface area contributed by atoms with Gasteiger partial charge in [-0.2, -0.15) is 4.98 Å². The number of nitrogens with one attached hydrogen (secondary N) is 1. The lowest BCUT2D eigenvalue weighted by Gasteiger charge is -2.07. The molecule has 118 valence electrons. The van der Waals surface area contributed by atoms with Gasteiger partial charge < -0.3 is 14.6 Å². The van der Waals surface area contributed by atoms with Crippen LogP contribution < -0.4 is 10.1 Å². The Morgan fingerprint density at radius 3 is 2.96 bits per heavy atom. The van der Waals surface area contributed by atoms with E-state index in [9.17, 15) is 4.79 Å². The Balaban J connectivity index is 1.64. The number of hydrogen-bond donors (Lipinski definition) is 1. The smallest absolute Gasteiger partial charge is 0.251 e. The molecule has 3 rings (SSSR count). The fraction of sp³-hybridized carbons (Fsp3) is 0.188. The van der Waals surface area contributed by atoms with Crippen molar-refractivity contribution < 1.29 is 14.1 Å². The molecular formula is C16H15N3O3S. The van der Waals surface area contributed by atoms with Crippen LogP contribution in [0.1, 0.15) is 21.8 Å². The van der Waals surface area contributed by atoms with Crippen molar-refractivity contribution in [2.24, 2.45) is 0 Å². The molecule has 0 atom stereocenters. The molecule has 0 fully saturated rings. The minimum Gasteiger partial charge on any atom is -0.496 e. The van der Waals surface area contributed by atoms with E-state index in [0.717, 1.165) is 16.2 Å². The van der Waals surface area contributed by atoms with E-state index >= 15 is 0 Å². The molecule has 0 unspecified atom stereocenters. The van der Waals surface area contributed by atoms with Gasteiger partial charge in [0.05, 0.1) is 18.5 Å². The highest BCUT2D eigenvalue weighted by atomic mass is 32.1. The van der Waals surface area contributed by atoms with Crippen molar-refractivity contribution >= 4 is 17.2 Å². The lowest BCUT2D eigenvalue weighted by Crippen LogP contribution is -2.23. The van der Waals surface area contributed by atoms with Crippen LogP contribution in [-0.2, 0) is 6.54 Å². The number of hydrogen-bond acceptors (Lipinski definition) is 6. The lowest BCUT2D eigenvalue weighted by molar-refractivity contribution is 0.0946. The van der Waals surface area contributed by atoms with E-state index in [4.69, 9.17) is 9.26 Å². The molecule has 0 aliphatic heterocycles. The SMILES string of the molecule is COc1ccc(C(=O)NCc2nc(-c3cccs3)no2)cc1C. The summed E-state index contributed by atoms with van der Waals surface area (Å²) in [4.78, 5) is 17.4. The average Bonchev–Trinajstić information content (AvgIpc) is 3.23. The molecule has 6 nitrogen and oxygen atoms in total. The number of amides is 1. The number of aryl methyl sites for hydroxylation is 1. The monoisotopic (exact) mass is 329 g/mol. The van der Waals surface area contributed by atoms with E-state index in [2.05, 4.69) is 15.5 Å². The summed E-state index contributed by atoms with van der Waals surface area (Å²) in [6, 6.07) is 9.10. The number of methoxy groups -OCH3 is 1. The second-order valence-electron chi connectivity index (χ2n) is 4.86. The molecule has 0 saturated heterocycles. The summed E-state index contributed by atoms with van der Waals surface area (Å²) in [5.74, 6) is 1.45. The summed E-state index contributed by atoms with van der Waals surface area (Å²) in [5, 5.41) is 8.61. The molecule has 7 heteroatoms. The van der Waals surface area contributed by atoms with Crippen molar-refractivity contribution in [2.75, 3.05) is 7.11 Å². The number of nitrogens with zero attached hydrogens (tertiary/aromatic N) is 2. The normalized spacial score (nSPS) is 10.5. The van der Waals surface area contributed by atoms with Gasteiger partial charge in [-0.15, -0.1) is 11.3 Å². The number of ether oxygens (including phenoxy) is 1. The van der Waals surface area contributed by atoms with Gasteiger partial charge in [0.2, 0.25) is 11.7 Å². The summed E-state index contributed by atoms with van der Waals surface area (Å²) < 4.78 is 10.3. The Morgan fingerprint density at radius 1 is 1.39 bits per heavy atom. The maximum absolute atomic E-state index is 12.2. The van der Waals surface area contributed by atoms with Crippen LogP contribution in [0.25, 0.3) is 10.7 Å². The average molecular weight is 329 g/mol. The fourth-order valence-corrected chi connectivity index (χ4v) is 2.76. The highest BCUT2D eigenvalue weighted by molar-refractivity contribution is 7.13. The molecule has 0 saturated carbocycles. The van der Waals surface area contributed by atoms with Crippen LogP contribution in [-0.4, -0.2) is 23.2 Å². The van der Waals surface area contributed by atoms with Crippen molar-refractivity contribution in [3.8, 4) is 16.5 Å². The minimum absolute atomic E-state index is 0.183. The summed E-state index contributed by atoms with van der Waals surface area (Å²) in [6.45, 7) is 2.07. The molecule has 1 amide bonds. The van der Waals surface area contributed by atoms with Crippen LogP contribution in [0.2, 0.25) is 0 Å². The Bertz CT molecular complexity index is 812. The standard InChI is InChI=1S/C16H15N3O3S/c1-10-8-11(5-6-12(10)21-2)16(20)17-9-14-18-15(19-22-14)13-4-3-7-23-13/h3-8H,9H2,1-2H3,(H,17,20). The fourth-order valence-electron chi connectivity index (χ4n) is 2.11.